The van der Waals surface area contributed by atoms with Crippen LogP contribution in [-0.2, 0) is 11.2 Å². The third kappa shape index (κ3) is 6.09. The summed E-state index contributed by atoms with van der Waals surface area (Å²) < 4.78 is 5.62. The summed E-state index contributed by atoms with van der Waals surface area (Å²) in [5.74, 6) is 0.464. The monoisotopic (exact) mass is 527 g/mol. The minimum atomic E-state index is -0.520. The van der Waals surface area contributed by atoms with Crippen molar-refractivity contribution in [1.29, 1.82) is 0 Å². The SMILES string of the molecule is O=C(OCC(c1ccc(Cl)cc1Cl)n1ncnn1)N1CCC(Cc2ccc(Cl)c(Cl)c2)CC1. The van der Waals surface area contributed by atoms with Gasteiger partial charge in [0.1, 0.15) is 12.6 Å². The molecule has 1 aliphatic heterocycles. The highest BCUT2D eigenvalue weighted by Gasteiger charge is 2.27. The first-order chi connectivity index (χ1) is 15.9. The van der Waals surface area contributed by atoms with E-state index in [-0.39, 0.29) is 12.7 Å². The number of carbonyl (C=O) groups is 1. The second kappa shape index (κ2) is 10.9. The third-order valence-corrected chi connectivity index (χ3v) is 7.01. The summed E-state index contributed by atoms with van der Waals surface area (Å²) in [5, 5.41) is 13.8. The van der Waals surface area contributed by atoms with Crippen LogP contribution in [0.25, 0.3) is 0 Å². The number of tetrazole rings is 1. The van der Waals surface area contributed by atoms with E-state index in [1.54, 1.807) is 23.1 Å². The van der Waals surface area contributed by atoms with Crippen molar-refractivity contribution >= 4 is 52.5 Å². The summed E-state index contributed by atoms with van der Waals surface area (Å²) in [6.45, 7) is 1.26. The molecular weight excluding hydrogens is 508 g/mol. The lowest BCUT2D eigenvalue weighted by Crippen LogP contribution is -2.40. The van der Waals surface area contributed by atoms with Gasteiger partial charge in [0.2, 0.25) is 0 Å². The molecule has 33 heavy (non-hydrogen) atoms. The highest BCUT2D eigenvalue weighted by atomic mass is 35.5. The van der Waals surface area contributed by atoms with Crippen molar-refractivity contribution in [2.24, 2.45) is 5.92 Å². The summed E-state index contributed by atoms with van der Waals surface area (Å²) in [6, 6.07) is 10.3. The van der Waals surface area contributed by atoms with Crippen molar-refractivity contribution in [3.05, 3.63) is 73.9 Å². The first kappa shape index (κ1) is 24.1. The Bertz CT molecular complexity index is 1100. The van der Waals surface area contributed by atoms with Crippen molar-refractivity contribution in [2.45, 2.75) is 25.3 Å². The van der Waals surface area contributed by atoms with Crippen molar-refractivity contribution in [3.8, 4) is 0 Å². The largest absolute Gasteiger partial charge is 0.447 e. The van der Waals surface area contributed by atoms with Crippen LogP contribution in [0, 0.1) is 5.92 Å². The van der Waals surface area contributed by atoms with E-state index in [0.29, 0.717) is 44.7 Å². The third-order valence-electron chi connectivity index (χ3n) is 5.71. The standard InChI is InChI=1S/C22H21Cl4N5O2/c23-16-2-3-17(19(25)11-16)21(31-28-13-27-29-31)12-33-22(32)30-7-5-14(6-8-30)9-15-1-4-18(24)20(26)10-15/h1-4,10-11,13-14,21H,5-9,12H2. The smallest absolute Gasteiger partial charge is 0.409 e. The van der Waals surface area contributed by atoms with Gasteiger partial charge in [-0.2, -0.15) is 4.80 Å². The van der Waals surface area contributed by atoms with E-state index in [9.17, 15) is 4.79 Å². The Labute approximate surface area is 211 Å². The van der Waals surface area contributed by atoms with Crippen molar-refractivity contribution < 1.29 is 9.53 Å². The highest BCUT2D eigenvalue weighted by Crippen LogP contribution is 2.29. The van der Waals surface area contributed by atoms with Gasteiger partial charge >= 0.3 is 6.09 Å². The molecule has 0 bridgehead atoms. The molecule has 0 spiro atoms. The molecule has 7 nitrogen and oxygen atoms in total. The summed E-state index contributed by atoms with van der Waals surface area (Å²) in [4.78, 5) is 15.8. The number of aromatic nitrogens is 4. The molecule has 1 unspecified atom stereocenters. The van der Waals surface area contributed by atoms with Gasteiger partial charge in [0.25, 0.3) is 0 Å². The van der Waals surface area contributed by atoms with Gasteiger partial charge in [-0.3, -0.25) is 0 Å². The molecule has 1 aromatic heterocycles. The molecule has 1 atom stereocenters. The number of rotatable bonds is 6. The van der Waals surface area contributed by atoms with Gasteiger partial charge in [-0.25, -0.2) is 4.79 Å². The van der Waals surface area contributed by atoms with Crippen LogP contribution in [0.15, 0.2) is 42.7 Å². The van der Waals surface area contributed by atoms with Crippen molar-refractivity contribution in [3.63, 3.8) is 0 Å². The molecule has 4 rings (SSSR count). The summed E-state index contributed by atoms with van der Waals surface area (Å²) in [7, 11) is 0. The minimum absolute atomic E-state index is 0.0136. The Balaban J connectivity index is 1.33. The second-order valence-electron chi connectivity index (χ2n) is 7.90. The number of piperidine rings is 1. The molecule has 11 heteroatoms. The lowest BCUT2D eigenvalue weighted by atomic mass is 9.90. The topological polar surface area (TPSA) is 73.1 Å². The molecule has 0 N–H and O–H groups in total. The average Bonchev–Trinajstić information content (AvgIpc) is 3.33. The molecule has 1 aliphatic rings. The summed E-state index contributed by atoms with van der Waals surface area (Å²) >= 11 is 24.5. The first-order valence-electron chi connectivity index (χ1n) is 10.4. The quantitative estimate of drug-likeness (QED) is 0.394. The number of benzene rings is 2. The number of ether oxygens (including phenoxy) is 1. The minimum Gasteiger partial charge on any atom is -0.447 e. The van der Waals surface area contributed by atoms with Crippen molar-refractivity contribution in [2.75, 3.05) is 19.7 Å². The van der Waals surface area contributed by atoms with Gasteiger partial charge < -0.3 is 9.64 Å². The van der Waals surface area contributed by atoms with Crippen LogP contribution in [0.1, 0.15) is 30.0 Å². The molecule has 2 aromatic carbocycles. The van der Waals surface area contributed by atoms with Crippen LogP contribution in [0.4, 0.5) is 4.79 Å². The average molecular weight is 529 g/mol. The fourth-order valence-electron chi connectivity index (χ4n) is 3.93. The summed E-state index contributed by atoms with van der Waals surface area (Å²) in [6.07, 6.45) is 3.60. The van der Waals surface area contributed by atoms with Gasteiger partial charge in [-0.1, -0.05) is 58.5 Å². The van der Waals surface area contributed by atoms with Gasteiger partial charge in [0, 0.05) is 28.7 Å². The molecule has 1 fully saturated rings. The first-order valence-corrected chi connectivity index (χ1v) is 11.9. The zero-order chi connectivity index (χ0) is 23.4. The van der Waals surface area contributed by atoms with Gasteiger partial charge in [0.15, 0.2) is 6.33 Å². The Morgan fingerprint density at radius 3 is 2.48 bits per heavy atom. The predicted octanol–water partition coefficient (Wildman–Crippen LogP) is 5.97. The lowest BCUT2D eigenvalue weighted by Gasteiger charge is -2.31. The maximum atomic E-state index is 12.7. The molecule has 0 aliphatic carbocycles. The van der Waals surface area contributed by atoms with E-state index in [4.69, 9.17) is 51.1 Å². The Morgan fingerprint density at radius 2 is 1.82 bits per heavy atom. The maximum Gasteiger partial charge on any atom is 0.409 e. The molecule has 2 heterocycles. The number of halogens is 4. The van der Waals surface area contributed by atoms with Crippen LogP contribution >= 0.6 is 46.4 Å². The molecular formula is C22H21Cl4N5O2. The van der Waals surface area contributed by atoms with Crippen LogP contribution in [0.5, 0.6) is 0 Å². The molecule has 0 saturated carbocycles. The van der Waals surface area contributed by atoms with Crippen LogP contribution < -0.4 is 0 Å². The lowest BCUT2D eigenvalue weighted by molar-refractivity contribution is 0.0775. The van der Waals surface area contributed by atoms with Crippen molar-refractivity contribution in [1.82, 2.24) is 25.1 Å². The van der Waals surface area contributed by atoms with Gasteiger partial charge in [-0.05, 0) is 60.2 Å². The molecule has 174 valence electrons. The number of likely N-dealkylation sites (tertiary alicyclic amines) is 1. The number of carbonyl (C=O) groups excluding carboxylic acids is 1. The maximum absolute atomic E-state index is 12.7. The Hall–Kier alpha value is -2.06. The van der Waals surface area contributed by atoms with Crippen LogP contribution in [0.3, 0.4) is 0 Å². The van der Waals surface area contributed by atoms with E-state index in [2.05, 4.69) is 15.4 Å². The van der Waals surface area contributed by atoms with Crippen LogP contribution in [-0.4, -0.2) is 50.9 Å². The van der Waals surface area contributed by atoms with E-state index in [1.165, 1.54) is 11.1 Å². The van der Waals surface area contributed by atoms with E-state index in [1.807, 2.05) is 18.2 Å². The zero-order valence-corrected chi connectivity index (χ0v) is 20.5. The Kier molecular flexibility index (Phi) is 7.96. The van der Waals surface area contributed by atoms with E-state index < -0.39 is 6.04 Å². The number of amides is 1. The fraction of sp³-hybridized carbons (Fsp3) is 0.364. The van der Waals surface area contributed by atoms with Crippen LogP contribution in [0.2, 0.25) is 20.1 Å². The predicted molar refractivity (Wildman–Crippen MR) is 128 cm³/mol. The van der Waals surface area contributed by atoms with Gasteiger partial charge in [0.05, 0.1) is 10.0 Å². The Morgan fingerprint density at radius 1 is 1.03 bits per heavy atom. The normalized spacial score (nSPS) is 15.5. The number of hydrogen-bond acceptors (Lipinski definition) is 5. The van der Waals surface area contributed by atoms with E-state index in [0.717, 1.165) is 24.8 Å². The molecule has 0 radical (unpaired) electrons. The molecule has 1 saturated heterocycles. The van der Waals surface area contributed by atoms with E-state index >= 15 is 0 Å². The van der Waals surface area contributed by atoms with Gasteiger partial charge in [-0.15, -0.1) is 10.2 Å². The molecule has 1 amide bonds. The highest BCUT2D eigenvalue weighted by molar-refractivity contribution is 6.42. The number of nitrogens with zero attached hydrogens (tertiary/aromatic N) is 5. The fourth-order valence-corrected chi connectivity index (χ4v) is 4.79. The zero-order valence-electron chi connectivity index (χ0n) is 17.5. The number of hydrogen-bond donors (Lipinski definition) is 0. The second-order valence-corrected chi connectivity index (χ2v) is 9.56. The molecule has 3 aromatic rings. The summed E-state index contributed by atoms with van der Waals surface area (Å²) in [5.41, 5.74) is 1.83.